The number of hydrogen-bond donors (Lipinski definition) is 0. The highest BCUT2D eigenvalue weighted by Gasteiger charge is 2.53. The van der Waals surface area contributed by atoms with E-state index in [0.717, 1.165) is 27.7 Å². The Morgan fingerprint density at radius 2 is 1.17 bits per heavy atom. The number of ether oxygens (including phenoxy) is 5. The van der Waals surface area contributed by atoms with Crippen molar-refractivity contribution in [3.05, 3.63) is 0 Å². The van der Waals surface area contributed by atoms with Crippen LogP contribution in [0.25, 0.3) is 0 Å². The van der Waals surface area contributed by atoms with Gasteiger partial charge in [0.15, 0.2) is 18.3 Å². The fourth-order valence-electron chi connectivity index (χ4n) is 2.14. The van der Waals surface area contributed by atoms with E-state index < -0.39 is 54.6 Å². The lowest BCUT2D eigenvalue weighted by Gasteiger charge is -2.41. The van der Waals surface area contributed by atoms with Gasteiger partial charge >= 0.3 is 23.9 Å². The second-order valence-electron chi connectivity index (χ2n) is 4.89. The topological polar surface area (TPSA) is 138 Å². The first-order chi connectivity index (χ1) is 11.1. The molecule has 0 aromatic rings. The quantitative estimate of drug-likeness (QED) is 0.489. The Labute approximate surface area is 137 Å². The first-order valence-electron chi connectivity index (χ1n) is 6.89. The zero-order valence-corrected chi connectivity index (χ0v) is 13.5. The molecule has 0 saturated carbocycles. The first kappa shape index (κ1) is 19.4. The van der Waals surface area contributed by atoms with Crippen LogP contribution in [-0.4, -0.2) is 54.6 Å². The minimum Gasteiger partial charge on any atom is -0.454 e. The molecule has 1 heterocycles. The van der Waals surface area contributed by atoms with E-state index >= 15 is 0 Å². The lowest BCUT2D eigenvalue weighted by atomic mass is 9.98. The molecular formula is C14H17NO9. The van der Waals surface area contributed by atoms with Crippen molar-refractivity contribution in [2.24, 2.45) is 0 Å². The summed E-state index contributed by atoms with van der Waals surface area (Å²) in [6.45, 7) is 4.31. The third kappa shape index (κ3) is 5.20. The number of carbonyl (C=O) groups excluding carboxylic acids is 4. The van der Waals surface area contributed by atoms with Gasteiger partial charge in [0.1, 0.15) is 0 Å². The SMILES string of the molecule is CC(=O)O[C@@H]1O[C@H](C#N)[C@@H](OC(C)=O)[C@H](OC(C)=O)[C@H]1OC(C)=O. The van der Waals surface area contributed by atoms with Crippen LogP contribution in [0.15, 0.2) is 0 Å². The van der Waals surface area contributed by atoms with E-state index in [-0.39, 0.29) is 0 Å². The Hall–Kier alpha value is -2.67. The Bertz CT molecular complexity index is 567. The Balaban J connectivity index is 3.26. The average Bonchev–Trinajstić information content (AvgIpc) is 2.42. The third-order valence-corrected chi connectivity index (χ3v) is 2.81. The largest absolute Gasteiger partial charge is 0.454 e. The Morgan fingerprint density at radius 3 is 1.58 bits per heavy atom. The molecule has 0 aliphatic carbocycles. The molecule has 5 atom stereocenters. The number of rotatable bonds is 4. The van der Waals surface area contributed by atoms with Crippen LogP contribution >= 0.6 is 0 Å². The lowest BCUT2D eigenvalue weighted by Crippen LogP contribution is -2.61. The van der Waals surface area contributed by atoms with E-state index in [2.05, 4.69) is 0 Å². The molecule has 0 N–H and O–H groups in total. The van der Waals surface area contributed by atoms with Crippen molar-refractivity contribution >= 4 is 23.9 Å². The molecular weight excluding hydrogens is 326 g/mol. The number of esters is 4. The predicted molar refractivity (Wildman–Crippen MR) is 72.7 cm³/mol. The minimum absolute atomic E-state index is 0.770. The van der Waals surface area contributed by atoms with Crippen LogP contribution < -0.4 is 0 Å². The molecule has 1 rings (SSSR count). The van der Waals surface area contributed by atoms with Crippen LogP contribution in [0.5, 0.6) is 0 Å². The summed E-state index contributed by atoms with van der Waals surface area (Å²) in [6, 6.07) is 1.72. The van der Waals surface area contributed by atoms with Gasteiger partial charge in [-0.1, -0.05) is 0 Å². The average molecular weight is 343 g/mol. The first-order valence-corrected chi connectivity index (χ1v) is 6.89. The monoisotopic (exact) mass is 343 g/mol. The number of nitriles is 1. The van der Waals surface area contributed by atoms with Crippen molar-refractivity contribution < 1.29 is 42.9 Å². The van der Waals surface area contributed by atoms with Gasteiger partial charge in [0.2, 0.25) is 12.4 Å². The Morgan fingerprint density at radius 1 is 0.750 bits per heavy atom. The minimum atomic E-state index is -1.51. The van der Waals surface area contributed by atoms with Gasteiger partial charge in [0.25, 0.3) is 0 Å². The zero-order chi connectivity index (χ0) is 18.4. The highest BCUT2D eigenvalue weighted by molar-refractivity contribution is 5.69. The zero-order valence-electron chi connectivity index (χ0n) is 13.5. The summed E-state index contributed by atoms with van der Waals surface area (Å²) in [5, 5.41) is 9.19. The second kappa shape index (κ2) is 8.26. The Kier molecular flexibility index (Phi) is 6.67. The van der Waals surface area contributed by atoms with Crippen LogP contribution in [0.2, 0.25) is 0 Å². The molecule has 0 spiro atoms. The molecule has 0 aromatic carbocycles. The van der Waals surface area contributed by atoms with Gasteiger partial charge in [-0.15, -0.1) is 0 Å². The van der Waals surface area contributed by atoms with E-state index in [1.807, 2.05) is 0 Å². The van der Waals surface area contributed by atoms with Gasteiger partial charge < -0.3 is 23.7 Å². The molecule has 10 heteroatoms. The fraction of sp³-hybridized carbons (Fsp3) is 0.643. The highest BCUT2D eigenvalue weighted by Crippen LogP contribution is 2.29. The number of carbonyl (C=O) groups is 4. The van der Waals surface area contributed by atoms with Gasteiger partial charge in [-0.25, -0.2) is 0 Å². The van der Waals surface area contributed by atoms with E-state index in [4.69, 9.17) is 23.7 Å². The van der Waals surface area contributed by atoms with Gasteiger partial charge in [-0.2, -0.15) is 5.26 Å². The van der Waals surface area contributed by atoms with E-state index in [1.165, 1.54) is 0 Å². The van der Waals surface area contributed by atoms with Gasteiger partial charge in [0.05, 0.1) is 6.07 Å². The van der Waals surface area contributed by atoms with Crippen molar-refractivity contribution in [3.8, 4) is 6.07 Å². The molecule has 0 radical (unpaired) electrons. The second-order valence-corrected chi connectivity index (χ2v) is 4.89. The molecule has 0 bridgehead atoms. The molecule has 1 saturated heterocycles. The summed E-state index contributed by atoms with van der Waals surface area (Å²) in [5.41, 5.74) is 0. The summed E-state index contributed by atoms with van der Waals surface area (Å²) >= 11 is 0. The molecule has 0 unspecified atom stereocenters. The summed E-state index contributed by atoms with van der Waals surface area (Å²) in [4.78, 5) is 45.2. The fourth-order valence-corrected chi connectivity index (χ4v) is 2.14. The molecule has 0 amide bonds. The maximum Gasteiger partial charge on any atom is 0.305 e. The van der Waals surface area contributed by atoms with Crippen LogP contribution in [0, 0.1) is 11.3 Å². The number of nitrogens with zero attached hydrogens (tertiary/aromatic N) is 1. The van der Waals surface area contributed by atoms with Crippen LogP contribution in [-0.2, 0) is 42.9 Å². The standard InChI is InChI=1S/C14H17NO9/c1-6(16)20-11-10(5-15)24-14(23-9(4)19)13(22-8(3)18)12(11)21-7(2)17/h10-14H,1-4H3/t10-,11-,12+,13-,14-/m1/s1. The van der Waals surface area contributed by atoms with Crippen LogP contribution in [0.4, 0.5) is 0 Å². The summed E-state index contributed by atoms with van der Waals surface area (Å²) < 4.78 is 25.1. The van der Waals surface area contributed by atoms with Crippen molar-refractivity contribution in [3.63, 3.8) is 0 Å². The van der Waals surface area contributed by atoms with Gasteiger partial charge in [0, 0.05) is 27.7 Å². The number of hydrogen-bond acceptors (Lipinski definition) is 10. The summed E-state index contributed by atoms with van der Waals surface area (Å²) in [5.74, 6) is -3.11. The molecule has 0 aromatic heterocycles. The normalized spacial score (nSPS) is 28.9. The lowest BCUT2D eigenvalue weighted by molar-refractivity contribution is -0.286. The van der Waals surface area contributed by atoms with Crippen molar-refractivity contribution in [2.75, 3.05) is 0 Å². The maximum atomic E-state index is 11.4. The smallest absolute Gasteiger partial charge is 0.305 e. The van der Waals surface area contributed by atoms with Crippen LogP contribution in [0.3, 0.4) is 0 Å². The molecule has 1 fully saturated rings. The van der Waals surface area contributed by atoms with E-state index in [9.17, 15) is 24.4 Å². The van der Waals surface area contributed by atoms with Crippen molar-refractivity contribution in [1.29, 1.82) is 5.26 Å². The summed E-state index contributed by atoms with van der Waals surface area (Å²) in [7, 11) is 0. The summed E-state index contributed by atoms with van der Waals surface area (Å²) in [6.07, 6.45) is -7.09. The van der Waals surface area contributed by atoms with Gasteiger partial charge in [-0.3, -0.25) is 19.2 Å². The molecule has 10 nitrogen and oxygen atoms in total. The predicted octanol–water partition coefficient (Wildman–Crippen LogP) is -0.407. The van der Waals surface area contributed by atoms with Crippen LogP contribution in [0.1, 0.15) is 27.7 Å². The maximum absolute atomic E-state index is 11.4. The molecule has 132 valence electrons. The molecule has 1 aliphatic heterocycles. The van der Waals surface area contributed by atoms with E-state index in [1.54, 1.807) is 6.07 Å². The third-order valence-electron chi connectivity index (χ3n) is 2.81. The highest BCUT2D eigenvalue weighted by atomic mass is 16.7. The van der Waals surface area contributed by atoms with Crippen molar-refractivity contribution in [2.45, 2.75) is 58.4 Å². The van der Waals surface area contributed by atoms with E-state index in [0.29, 0.717) is 0 Å². The molecule has 24 heavy (non-hydrogen) atoms. The van der Waals surface area contributed by atoms with Crippen molar-refractivity contribution in [1.82, 2.24) is 0 Å². The molecule has 1 aliphatic rings. The van der Waals surface area contributed by atoms with Gasteiger partial charge in [-0.05, 0) is 0 Å².